The molecule has 1 aliphatic heterocycles. The Kier molecular flexibility index (Phi) is 8.91. The molecule has 1 aromatic carbocycles. The van der Waals surface area contributed by atoms with E-state index in [1.807, 2.05) is 0 Å². The Hall–Kier alpha value is -2.38. The second-order valence-electron chi connectivity index (χ2n) is 8.41. The third-order valence-electron chi connectivity index (χ3n) is 6.12. The molecule has 0 amide bonds. The van der Waals surface area contributed by atoms with Gasteiger partial charge in [0.15, 0.2) is 11.7 Å². The summed E-state index contributed by atoms with van der Waals surface area (Å²) in [5, 5.41) is 10.9. The van der Waals surface area contributed by atoms with Gasteiger partial charge in [-0.2, -0.15) is 0 Å². The zero-order chi connectivity index (χ0) is 22.1. The quantitative estimate of drug-likeness (QED) is 0.474. The fourth-order valence-corrected chi connectivity index (χ4v) is 3.92. The molecule has 0 atom stereocenters. The third kappa shape index (κ3) is 7.08. The van der Waals surface area contributed by atoms with Crippen LogP contribution in [-0.2, 0) is 19.6 Å². The van der Waals surface area contributed by atoms with Crippen molar-refractivity contribution in [3.8, 4) is 0 Å². The minimum Gasteiger partial charge on any atom is -0.359 e. The van der Waals surface area contributed by atoms with E-state index in [0.717, 1.165) is 69.5 Å². The first-order valence-corrected chi connectivity index (χ1v) is 11.5. The molecule has 2 heterocycles. The number of rotatable bonds is 9. The predicted octanol–water partition coefficient (Wildman–Crippen LogP) is 3.19. The molecule has 7 nitrogen and oxygen atoms in total. The summed E-state index contributed by atoms with van der Waals surface area (Å²) in [6, 6.07) is 10.9. The van der Waals surface area contributed by atoms with Crippen molar-refractivity contribution in [3.05, 3.63) is 52.9 Å². The van der Waals surface area contributed by atoms with Crippen LogP contribution in [0.2, 0.25) is 0 Å². The first-order valence-electron chi connectivity index (χ1n) is 11.5. The van der Waals surface area contributed by atoms with Crippen molar-refractivity contribution in [2.24, 2.45) is 4.99 Å². The number of piperazine rings is 1. The van der Waals surface area contributed by atoms with Crippen molar-refractivity contribution in [2.45, 2.75) is 52.2 Å². The normalized spacial score (nSPS) is 16.1. The SMILES string of the molecule is CCC(CC)c1cc(CNC(=NC)NCc2ccc(CN3CCN(C)CC3)cc2)on1. The molecule has 7 heteroatoms. The van der Waals surface area contributed by atoms with Crippen LogP contribution in [0.5, 0.6) is 0 Å². The van der Waals surface area contributed by atoms with Gasteiger partial charge in [0.1, 0.15) is 0 Å². The molecule has 0 unspecified atom stereocenters. The lowest BCUT2D eigenvalue weighted by molar-refractivity contribution is 0.148. The lowest BCUT2D eigenvalue weighted by Crippen LogP contribution is -2.43. The van der Waals surface area contributed by atoms with E-state index in [2.05, 4.69) is 81.8 Å². The average Bonchev–Trinajstić information content (AvgIpc) is 3.26. The molecular weight excluding hydrogens is 388 g/mol. The van der Waals surface area contributed by atoms with E-state index in [0.29, 0.717) is 12.5 Å². The first kappa shape index (κ1) is 23.3. The number of nitrogens with zero attached hydrogens (tertiary/aromatic N) is 4. The zero-order valence-corrected chi connectivity index (χ0v) is 19.5. The molecule has 1 aliphatic rings. The smallest absolute Gasteiger partial charge is 0.191 e. The maximum absolute atomic E-state index is 5.49. The topological polar surface area (TPSA) is 68.9 Å². The number of likely N-dealkylation sites (N-methyl/N-ethyl adjacent to an activating group) is 1. The van der Waals surface area contributed by atoms with Crippen LogP contribution in [0.4, 0.5) is 0 Å². The average molecular weight is 427 g/mol. The summed E-state index contributed by atoms with van der Waals surface area (Å²) in [5.74, 6) is 2.05. The number of hydrogen-bond acceptors (Lipinski definition) is 5. The van der Waals surface area contributed by atoms with Gasteiger partial charge in [0.25, 0.3) is 0 Å². The van der Waals surface area contributed by atoms with Crippen molar-refractivity contribution in [2.75, 3.05) is 40.3 Å². The van der Waals surface area contributed by atoms with E-state index in [9.17, 15) is 0 Å². The second-order valence-corrected chi connectivity index (χ2v) is 8.41. The molecule has 2 N–H and O–H groups in total. The van der Waals surface area contributed by atoms with Crippen molar-refractivity contribution in [1.82, 2.24) is 25.6 Å². The number of guanidine groups is 1. The number of nitrogens with one attached hydrogen (secondary N) is 2. The van der Waals surface area contributed by atoms with Crippen molar-refractivity contribution in [1.29, 1.82) is 0 Å². The number of aliphatic imine (C=N–C) groups is 1. The summed E-state index contributed by atoms with van der Waals surface area (Å²) < 4.78 is 5.49. The van der Waals surface area contributed by atoms with Gasteiger partial charge >= 0.3 is 0 Å². The Labute approximate surface area is 186 Å². The highest BCUT2D eigenvalue weighted by Gasteiger charge is 2.14. The van der Waals surface area contributed by atoms with Gasteiger partial charge in [0.05, 0.1) is 12.2 Å². The van der Waals surface area contributed by atoms with Gasteiger partial charge in [-0.05, 0) is 31.0 Å². The van der Waals surface area contributed by atoms with E-state index >= 15 is 0 Å². The maximum atomic E-state index is 5.49. The fraction of sp³-hybridized carbons (Fsp3) is 0.583. The molecule has 0 radical (unpaired) electrons. The van der Waals surface area contributed by atoms with Crippen LogP contribution in [-0.4, -0.2) is 61.2 Å². The highest BCUT2D eigenvalue weighted by atomic mass is 16.5. The Morgan fingerprint density at radius 2 is 1.68 bits per heavy atom. The van der Waals surface area contributed by atoms with E-state index in [1.165, 1.54) is 11.1 Å². The van der Waals surface area contributed by atoms with Gasteiger partial charge < -0.3 is 20.1 Å². The van der Waals surface area contributed by atoms with Gasteiger partial charge in [-0.1, -0.05) is 43.3 Å². The molecule has 0 bridgehead atoms. The van der Waals surface area contributed by atoms with E-state index < -0.39 is 0 Å². The summed E-state index contributed by atoms with van der Waals surface area (Å²) in [4.78, 5) is 9.23. The molecule has 3 rings (SSSR count). The summed E-state index contributed by atoms with van der Waals surface area (Å²) in [7, 11) is 3.98. The molecule has 0 saturated carbocycles. The summed E-state index contributed by atoms with van der Waals surface area (Å²) in [6.07, 6.45) is 2.15. The van der Waals surface area contributed by atoms with Gasteiger partial charge in [-0.25, -0.2) is 0 Å². The molecule has 1 fully saturated rings. The number of hydrogen-bond donors (Lipinski definition) is 2. The van der Waals surface area contributed by atoms with Crippen LogP contribution in [0.3, 0.4) is 0 Å². The van der Waals surface area contributed by atoms with Crippen molar-refractivity contribution >= 4 is 5.96 Å². The predicted molar refractivity (Wildman–Crippen MR) is 126 cm³/mol. The summed E-state index contributed by atoms with van der Waals surface area (Å²) in [6.45, 7) is 11.3. The molecular formula is C24H38N6O. The highest BCUT2D eigenvalue weighted by molar-refractivity contribution is 5.79. The third-order valence-corrected chi connectivity index (χ3v) is 6.12. The fourth-order valence-electron chi connectivity index (χ4n) is 3.92. The van der Waals surface area contributed by atoms with Crippen LogP contribution in [0, 0.1) is 0 Å². The molecule has 0 aliphatic carbocycles. The Bertz CT molecular complexity index is 804. The standard InChI is InChI=1S/C24H38N6O/c1-5-21(6-2)23-15-22(31-28-23)17-27-24(25-3)26-16-19-7-9-20(10-8-19)18-30-13-11-29(4)12-14-30/h7-10,15,21H,5-6,11-14,16-18H2,1-4H3,(H2,25,26,27). The number of benzene rings is 1. The lowest BCUT2D eigenvalue weighted by Gasteiger charge is -2.32. The second kappa shape index (κ2) is 11.9. The molecule has 1 saturated heterocycles. The highest BCUT2D eigenvalue weighted by Crippen LogP contribution is 2.22. The largest absolute Gasteiger partial charge is 0.359 e. The van der Waals surface area contributed by atoms with Crippen LogP contribution in [0.1, 0.15) is 55.2 Å². The minimum atomic E-state index is 0.467. The summed E-state index contributed by atoms with van der Waals surface area (Å²) >= 11 is 0. The van der Waals surface area contributed by atoms with Crippen molar-refractivity contribution < 1.29 is 4.52 Å². The number of aromatic nitrogens is 1. The molecule has 1 aromatic heterocycles. The Morgan fingerprint density at radius 1 is 1.03 bits per heavy atom. The summed E-state index contributed by atoms with van der Waals surface area (Å²) in [5.41, 5.74) is 3.65. The molecule has 31 heavy (non-hydrogen) atoms. The maximum Gasteiger partial charge on any atom is 0.191 e. The van der Waals surface area contributed by atoms with E-state index in [-0.39, 0.29) is 0 Å². The van der Waals surface area contributed by atoms with Crippen LogP contribution >= 0.6 is 0 Å². The molecule has 2 aromatic rings. The van der Waals surface area contributed by atoms with Gasteiger partial charge in [0.2, 0.25) is 0 Å². The molecule has 0 spiro atoms. The van der Waals surface area contributed by atoms with E-state index in [1.54, 1.807) is 7.05 Å². The van der Waals surface area contributed by atoms with Gasteiger partial charge in [0, 0.05) is 58.3 Å². The van der Waals surface area contributed by atoms with Crippen LogP contribution in [0.15, 0.2) is 39.8 Å². The zero-order valence-electron chi connectivity index (χ0n) is 19.5. The first-order chi connectivity index (χ1) is 15.1. The van der Waals surface area contributed by atoms with Gasteiger partial charge in [-0.15, -0.1) is 0 Å². The Balaban J connectivity index is 1.43. The van der Waals surface area contributed by atoms with E-state index in [4.69, 9.17) is 4.52 Å². The lowest BCUT2D eigenvalue weighted by atomic mass is 9.99. The van der Waals surface area contributed by atoms with Gasteiger partial charge in [-0.3, -0.25) is 9.89 Å². The van der Waals surface area contributed by atoms with Crippen LogP contribution in [0.25, 0.3) is 0 Å². The van der Waals surface area contributed by atoms with Crippen LogP contribution < -0.4 is 10.6 Å². The monoisotopic (exact) mass is 426 g/mol. The Morgan fingerprint density at radius 3 is 2.32 bits per heavy atom. The molecule has 170 valence electrons. The minimum absolute atomic E-state index is 0.467. The van der Waals surface area contributed by atoms with Crippen molar-refractivity contribution in [3.63, 3.8) is 0 Å².